The van der Waals surface area contributed by atoms with Gasteiger partial charge >= 0.3 is 0 Å². The zero-order valence-electron chi connectivity index (χ0n) is 12.0. The molecule has 0 fully saturated rings. The first-order valence-corrected chi connectivity index (χ1v) is 8.09. The minimum absolute atomic E-state index is 0.302. The number of hydrogen-bond donors (Lipinski definition) is 1. The Bertz CT molecular complexity index is 295. The first-order chi connectivity index (χ1) is 8.64. The van der Waals surface area contributed by atoms with E-state index in [1.165, 1.54) is 37.4 Å². The molecule has 1 aliphatic rings. The summed E-state index contributed by atoms with van der Waals surface area (Å²) in [6, 6.07) is 0. The van der Waals surface area contributed by atoms with Crippen LogP contribution in [0.25, 0.3) is 0 Å². The van der Waals surface area contributed by atoms with E-state index in [0.717, 1.165) is 19.3 Å². The van der Waals surface area contributed by atoms with Gasteiger partial charge in [0, 0.05) is 5.92 Å². The molecule has 0 heterocycles. The van der Waals surface area contributed by atoms with Gasteiger partial charge in [-0.2, -0.15) is 0 Å². The molecule has 0 radical (unpaired) electrons. The number of aliphatic hydroxyl groups is 1. The van der Waals surface area contributed by atoms with E-state index >= 15 is 0 Å². The second-order valence-corrected chi connectivity index (χ2v) is 6.19. The predicted molar refractivity (Wildman–Crippen MR) is 83.7 cm³/mol. The molecule has 1 rings (SSSR count). The highest BCUT2D eigenvalue weighted by molar-refractivity contribution is 7.22. The van der Waals surface area contributed by atoms with Gasteiger partial charge in [0.2, 0.25) is 0 Å². The van der Waals surface area contributed by atoms with Gasteiger partial charge in [-0.1, -0.05) is 70.6 Å². The van der Waals surface area contributed by atoms with E-state index in [4.69, 9.17) is 0 Å². The number of rotatable bonds is 8. The molecule has 1 nitrogen and oxygen atoms in total. The lowest BCUT2D eigenvalue weighted by molar-refractivity contribution is 0.0294. The van der Waals surface area contributed by atoms with Crippen LogP contribution in [0.3, 0.4) is 0 Å². The van der Waals surface area contributed by atoms with Crippen molar-refractivity contribution in [2.45, 2.75) is 70.8 Å². The Balaban J connectivity index is 2.60. The maximum Gasteiger partial charge on any atom is 0.0899 e. The van der Waals surface area contributed by atoms with E-state index < -0.39 is 5.60 Å². The molecule has 2 heteroatoms. The summed E-state index contributed by atoms with van der Waals surface area (Å²) in [6.07, 6.45) is 15.5. The second-order valence-electron chi connectivity index (χ2n) is 5.52. The number of allylic oxidation sites excluding steroid dienone is 2. The summed E-state index contributed by atoms with van der Waals surface area (Å²) < 4.78 is 0. The summed E-state index contributed by atoms with van der Waals surface area (Å²) in [5.74, 6) is 0.302. The number of hydrogen-bond acceptors (Lipinski definition) is 1. The molecule has 0 amide bonds. The van der Waals surface area contributed by atoms with Crippen LogP contribution in [-0.4, -0.2) is 10.7 Å². The zero-order chi connectivity index (χ0) is 13.4. The minimum atomic E-state index is -0.602. The standard InChI is InChI=1S/C16H29OP/c1-3-5-7-10-14-15(18)11-9-13-16(14,17)12-8-6-4-2/h9,11,13-14,17H,3-8,10,12,18H2,1-2H3. The van der Waals surface area contributed by atoms with Crippen molar-refractivity contribution in [1.29, 1.82) is 0 Å². The molecule has 0 aliphatic heterocycles. The highest BCUT2D eigenvalue weighted by Crippen LogP contribution is 2.40. The lowest BCUT2D eigenvalue weighted by atomic mass is 9.77. The van der Waals surface area contributed by atoms with Gasteiger partial charge in [-0.15, -0.1) is 9.24 Å². The highest BCUT2D eigenvalue weighted by Gasteiger charge is 2.35. The lowest BCUT2D eigenvalue weighted by Crippen LogP contribution is -2.37. The molecule has 0 aromatic rings. The van der Waals surface area contributed by atoms with Gasteiger partial charge in [0.05, 0.1) is 5.60 Å². The maximum absolute atomic E-state index is 10.9. The van der Waals surface area contributed by atoms with E-state index in [9.17, 15) is 5.11 Å². The fourth-order valence-electron chi connectivity index (χ4n) is 2.78. The van der Waals surface area contributed by atoms with Gasteiger partial charge < -0.3 is 5.11 Å². The molecule has 0 saturated carbocycles. The fourth-order valence-corrected chi connectivity index (χ4v) is 3.34. The van der Waals surface area contributed by atoms with Gasteiger partial charge in [0.15, 0.2) is 0 Å². The summed E-state index contributed by atoms with van der Waals surface area (Å²) in [5.41, 5.74) is -0.602. The molecule has 104 valence electrons. The number of unbranched alkanes of at least 4 members (excludes halogenated alkanes) is 4. The van der Waals surface area contributed by atoms with Crippen molar-refractivity contribution in [2.24, 2.45) is 5.92 Å². The fraction of sp³-hybridized carbons (Fsp3) is 0.750. The Hall–Kier alpha value is -0.130. The van der Waals surface area contributed by atoms with Crippen molar-refractivity contribution >= 4 is 9.24 Å². The van der Waals surface area contributed by atoms with Crippen LogP contribution >= 0.6 is 9.24 Å². The third kappa shape index (κ3) is 4.52. The van der Waals surface area contributed by atoms with Crippen molar-refractivity contribution in [1.82, 2.24) is 0 Å². The van der Waals surface area contributed by atoms with Gasteiger partial charge in [-0.05, 0) is 18.2 Å². The largest absolute Gasteiger partial charge is 0.385 e. The van der Waals surface area contributed by atoms with Crippen LogP contribution in [-0.2, 0) is 0 Å². The molecule has 0 aromatic heterocycles. The monoisotopic (exact) mass is 268 g/mol. The smallest absolute Gasteiger partial charge is 0.0899 e. The summed E-state index contributed by atoms with van der Waals surface area (Å²) in [6.45, 7) is 4.44. The molecule has 1 N–H and O–H groups in total. The average Bonchev–Trinajstić information content (AvgIpc) is 2.33. The summed E-state index contributed by atoms with van der Waals surface area (Å²) in [4.78, 5) is 0. The predicted octanol–water partition coefficient (Wildman–Crippen LogP) is 4.82. The zero-order valence-corrected chi connectivity index (χ0v) is 13.1. The Kier molecular flexibility index (Phi) is 7.19. The Morgan fingerprint density at radius 1 is 1.17 bits per heavy atom. The Labute approximate surface area is 115 Å². The van der Waals surface area contributed by atoms with Gasteiger partial charge in [0.25, 0.3) is 0 Å². The molecule has 0 bridgehead atoms. The van der Waals surface area contributed by atoms with Crippen LogP contribution in [0.2, 0.25) is 0 Å². The molecular formula is C16H29OP. The molecular weight excluding hydrogens is 239 g/mol. The van der Waals surface area contributed by atoms with E-state index in [-0.39, 0.29) is 0 Å². The molecule has 0 aromatic carbocycles. The Morgan fingerprint density at radius 2 is 1.83 bits per heavy atom. The molecule has 3 atom stereocenters. The van der Waals surface area contributed by atoms with Crippen LogP contribution in [0, 0.1) is 5.92 Å². The third-order valence-corrected chi connectivity index (χ3v) is 4.55. The van der Waals surface area contributed by atoms with Gasteiger partial charge in [-0.25, -0.2) is 0 Å². The molecule has 0 saturated heterocycles. The third-order valence-electron chi connectivity index (χ3n) is 3.96. The van der Waals surface area contributed by atoms with Crippen LogP contribution in [0.4, 0.5) is 0 Å². The topological polar surface area (TPSA) is 20.2 Å². The minimum Gasteiger partial charge on any atom is -0.385 e. The van der Waals surface area contributed by atoms with Crippen LogP contribution in [0.1, 0.15) is 65.2 Å². The van der Waals surface area contributed by atoms with Crippen molar-refractivity contribution < 1.29 is 5.11 Å². The quantitative estimate of drug-likeness (QED) is 0.494. The SMILES string of the molecule is CCCCCC1C(P)=CC=CC1(O)CCCCC. The van der Waals surface area contributed by atoms with E-state index in [2.05, 4.69) is 29.2 Å². The maximum atomic E-state index is 10.9. The normalized spacial score (nSPS) is 27.3. The summed E-state index contributed by atoms with van der Waals surface area (Å²) in [5, 5.41) is 12.2. The first kappa shape index (κ1) is 15.9. The van der Waals surface area contributed by atoms with E-state index in [1.807, 2.05) is 12.2 Å². The summed E-state index contributed by atoms with van der Waals surface area (Å²) >= 11 is 0. The summed E-state index contributed by atoms with van der Waals surface area (Å²) in [7, 11) is 2.82. The van der Waals surface area contributed by atoms with Crippen LogP contribution < -0.4 is 0 Å². The van der Waals surface area contributed by atoms with Crippen molar-refractivity contribution in [3.63, 3.8) is 0 Å². The average molecular weight is 268 g/mol. The first-order valence-electron chi connectivity index (χ1n) is 7.51. The molecule has 0 spiro atoms. The van der Waals surface area contributed by atoms with Crippen molar-refractivity contribution in [3.05, 3.63) is 23.5 Å². The molecule has 18 heavy (non-hydrogen) atoms. The van der Waals surface area contributed by atoms with Crippen molar-refractivity contribution in [2.75, 3.05) is 0 Å². The van der Waals surface area contributed by atoms with Crippen LogP contribution in [0.15, 0.2) is 23.5 Å². The Morgan fingerprint density at radius 3 is 2.50 bits per heavy atom. The molecule has 1 aliphatic carbocycles. The second kappa shape index (κ2) is 8.12. The van der Waals surface area contributed by atoms with Gasteiger partial charge in [0.1, 0.15) is 0 Å². The lowest BCUT2D eigenvalue weighted by Gasteiger charge is -2.37. The van der Waals surface area contributed by atoms with Crippen molar-refractivity contribution in [3.8, 4) is 0 Å². The molecule has 3 unspecified atom stereocenters. The van der Waals surface area contributed by atoms with Gasteiger partial charge in [-0.3, -0.25) is 0 Å². The van der Waals surface area contributed by atoms with E-state index in [1.54, 1.807) is 0 Å². The highest BCUT2D eigenvalue weighted by atomic mass is 31.0. The van der Waals surface area contributed by atoms with E-state index in [0.29, 0.717) is 5.92 Å². The van der Waals surface area contributed by atoms with Crippen LogP contribution in [0.5, 0.6) is 0 Å².